The van der Waals surface area contributed by atoms with Gasteiger partial charge in [-0.05, 0) is 31.9 Å². The number of hydrogen-bond acceptors (Lipinski definition) is 5. The van der Waals surface area contributed by atoms with E-state index in [1.165, 1.54) is 0 Å². The molecule has 7 heteroatoms. The largest absolute Gasteiger partial charge is 0.497 e. The van der Waals surface area contributed by atoms with Crippen molar-refractivity contribution in [3.63, 3.8) is 0 Å². The number of anilines is 2. The van der Waals surface area contributed by atoms with Crippen molar-refractivity contribution in [2.24, 2.45) is 5.41 Å². The average Bonchev–Trinajstić information content (AvgIpc) is 3.26. The molecule has 0 saturated heterocycles. The zero-order valence-electron chi connectivity index (χ0n) is 12.9. The number of ether oxygens (including phenoxy) is 1. The molecule has 1 aromatic carbocycles. The number of carbonyl (C=O) groups is 2. The molecule has 3 rings (SSSR count). The summed E-state index contributed by atoms with van der Waals surface area (Å²) in [5.74, 6) is 0.837. The number of methoxy groups -OCH3 is 1. The standard InChI is InChI=1S/C16H17N3O4/c1-10-8-13(19-23-10)18-15(21)16(6-7-16)14(20)17-11-4-3-5-12(9-11)22-2/h3-5,8-9H,6-7H2,1-2H3,(H,17,20)(H,18,19,21). The molecule has 1 saturated carbocycles. The summed E-state index contributed by atoms with van der Waals surface area (Å²) in [6, 6.07) is 8.60. The molecular formula is C16H17N3O4. The summed E-state index contributed by atoms with van der Waals surface area (Å²) < 4.78 is 10.0. The summed E-state index contributed by atoms with van der Waals surface area (Å²) in [6.45, 7) is 1.73. The number of rotatable bonds is 5. The van der Waals surface area contributed by atoms with Crippen LogP contribution in [0.2, 0.25) is 0 Å². The van der Waals surface area contributed by atoms with Crippen molar-refractivity contribution in [3.05, 3.63) is 36.1 Å². The number of nitrogens with one attached hydrogen (secondary N) is 2. The van der Waals surface area contributed by atoms with Crippen LogP contribution in [0, 0.1) is 12.3 Å². The van der Waals surface area contributed by atoms with Gasteiger partial charge in [0.05, 0.1) is 7.11 Å². The molecule has 1 aliphatic carbocycles. The summed E-state index contributed by atoms with van der Waals surface area (Å²) in [5, 5.41) is 9.10. The van der Waals surface area contributed by atoms with E-state index in [2.05, 4.69) is 15.8 Å². The van der Waals surface area contributed by atoms with Gasteiger partial charge in [-0.15, -0.1) is 0 Å². The molecule has 0 unspecified atom stereocenters. The van der Waals surface area contributed by atoms with E-state index in [0.29, 0.717) is 35.9 Å². The number of benzene rings is 1. The first kappa shape index (κ1) is 15.1. The highest BCUT2D eigenvalue weighted by atomic mass is 16.5. The van der Waals surface area contributed by atoms with Crippen LogP contribution in [-0.2, 0) is 9.59 Å². The lowest BCUT2D eigenvalue weighted by Crippen LogP contribution is -2.35. The van der Waals surface area contributed by atoms with Crippen molar-refractivity contribution in [1.82, 2.24) is 5.16 Å². The van der Waals surface area contributed by atoms with Crippen molar-refractivity contribution < 1.29 is 18.8 Å². The van der Waals surface area contributed by atoms with E-state index in [4.69, 9.17) is 9.26 Å². The number of aryl methyl sites for hydroxylation is 1. The lowest BCUT2D eigenvalue weighted by molar-refractivity contribution is -0.131. The number of amides is 2. The Hall–Kier alpha value is -2.83. The van der Waals surface area contributed by atoms with E-state index in [0.717, 1.165) is 0 Å². The molecule has 0 bridgehead atoms. The van der Waals surface area contributed by atoms with Crippen molar-refractivity contribution in [2.75, 3.05) is 17.7 Å². The normalized spacial score (nSPS) is 14.9. The quantitative estimate of drug-likeness (QED) is 0.826. The van der Waals surface area contributed by atoms with Gasteiger partial charge in [0, 0.05) is 17.8 Å². The first-order valence-electron chi connectivity index (χ1n) is 7.24. The number of hydrogen-bond donors (Lipinski definition) is 2. The molecule has 0 aliphatic heterocycles. The Kier molecular flexibility index (Phi) is 3.77. The third kappa shape index (κ3) is 3.03. The minimum absolute atomic E-state index is 0.313. The monoisotopic (exact) mass is 315 g/mol. The van der Waals surface area contributed by atoms with Crippen molar-refractivity contribution >= 4 is 23.3 Å². The van der Waals surface area contributed by atoms with Crippen LogP contribution in [0.15, 0.2) is 34.9 Å². The molecular weight excluding hydrogens is 298 g/mol. The van der Waals surface area contributed by atoms with Crippen molar-refractivity contribution in [1.29, 1.82) is 0 Å². The number of nitrogens with zero attached hydrogens (tertiary/aromatic N) is 1. The first-order chi connectivity index (χ1) is 11.0. The summed E-state index contributed by atoms with van der Waals surface area (Å²) >= 11 is 0. The Balaban J connectivity index is 1.69. The zero-order valence-corrected chi connectivity index (χ0v) is 12.9. The fourth-order valence-corrected chi connectivity index (χ4v) is 2.30. The van der Waals surface area contributed by atoms with Gasteiger partial charge in [0.1, 0.15) is 16.9 Å². The summed E-state index contributed by atoms with van der Waals surface area (Å²) in [7, 11) is 1.55. The van der Waals surface area contributed by atoms with E-state index < -0.39 is 5.41 Å². The molecule has 1 heterocycles. The first-order valence-corrected chi connectivity index (χ1v) is 7.24. The maximum Gasteiger partial charge on any atom is 0.241 e. The van der Waals surface area contributed by atoms with Crippen LogP contribution >= 0.6 is 0 Å². The van der Waals surface area contributed by atoms with E-state index in [1.54, 1.807) is 44.4 Å². The van der Waals surface area contributed by atoms with E-state index in [1.807, 2.05) is 0 Å². The SMILES string of the molecule is COc1cccc(NC(=O)C2(C(=O)Nc3cc(C)on3)CC2)c1. The average molecular weight is 315 g/mol. The minimum atomic E-state index is -1.05. The second-order valence-electron chi connectivity index (χ2n) is 5.55. The molecule has 1 fully saturated rings. The molecule has 1 aromatic heterocycles. The predicted octanol–water partition coefficient (Wildman–Crippen LogP) is 2.35. The van der Waals surface area contributed by atoms with Crippen molar-refractivity contribution in [2.45, 2.75) is 19.8 Å². The van der Waals surface area contributed by atoms with Gasteiger partial charge in [0.25, 0.3) is 0 Å². The molecule has 2 amide bonds. The number of aromatic nitrogens is 1. The van der Waals surface area contributed by atoms with E-state index in [-0.39, 0.29) is 11.8 Å². The predicted molar refractivity (Wildman–Crippen MR) is 83.2 cm³/mol. The minimum Gasteiger partial charge on any atom is -0.497 e. The van der Waals surface area contributed by atoms with Crippen LogP contribution in [-0.4, -0.2) is 24.1 Å². The fraction of sp³-hybridized carbons (Fsp3) is 0.312. The Labute approximate surface area is 133 Å². The second-order valence-corrected chi connectivity index (χ2v) is 5.55. The molecule has 7 nitrogen and oxygen atoms in total. The molecule has 0 spiro atoms. The lowest BCUT2D eigenvalue weighted by Gasteiger charge is -2.14. The van der Waals surface area contributed by atoms with Crippen LogP contribution in [0.4, 0.5) is 11.5 Å². The smallest absolute Gasteiger partial charge is 0.241 e. The van der Waals surface area contributed by atoms with Crippen LogP contribution < -0.4 is 15.4 Å². The fourth-order valence-electron chi connectivity index (χ4n) is 2.30. The molecule has 23 heavy (non-hydrogen) atoms. The van der Waals surface area contributed by atoms with E-state index >= 15 is 0 Å². The second kappa shape index (κ2) is 5.75. The van der Waals surface area contributed by atoms with Gasteiger partial charge in [-0.3, -0.25) is 9.59 Å². The number of carbonyl (C=O) groups excluding carboxylic acids is 2. The third-order valence-electron chi connectivity index (χ3n) is 3.82. The Morgan fingerprint density at radius 2 is 1.96 bits per heavy atom. The maximum atomic E-state index is 12.5. The van der Waals surface area contributed by atoms with Gasteiger partial charge in [-0.2, -0.15) is 0 Å². The Morgan fingerprint density at radius 1 is 1.22 bits per heavy atom. The van der Waals surface area contributed by atoms with Crippen LogP contribution in [0.3, 0.4) is 0 Å². The summed E-state index contributed by atoms with van der Waals surface area (Å²) in [4.78, 5) is 24.9. The van der Waals surface area contributed by atoms with Crippen LogP contribution in [0.1, 0.15) is 18.6 Å². The highest BCUT2D eigenvalue weighted by Crippen LogP contribution is 2.47. The van der Waals surface area contributed by atoms with Gasteiger partial charge in [0.2, 0.25) is 11.8 Å². The third-order valence-corrected chi connectivity index (χ3v) is 3.82. The summed E-state index contributed by atoms with van der Waals surface area (Å²) in [5.41, 5.74) is -0.457. The highest BCUT2D eigenvalue weighted by Gasteiger charge is 2.56. The van der Waals surface area contributed by atoms with E-state index in [9.17, 15) is 9.59 Å². The van der Waals surface area contributed by atoms with Crippen LogP contribution in [0.5, 0.6) is 5.75 Å². The highest BCUT2D eigenvalue weighted by molar-refractivity contribution is 6.16. The van der Waals surface area contributed by atoms with Gasteiger partial charge in [-0.1, -0.05) is 11.2 Å². The maximum absolute atomic E-state index is 12.5. The molecule has 0 radical (unpaired) electrons. The molecule has 120 valence electrons. The Morgan fingerprint density at radius 3 is 2.57 bits per heavy atom. The Bertz CT molecular complexity index is 749. The van der Waals surface area contributed by atoms with Gasteiger partial charge >= 0.3 is 0 Å². The molecule has 2 aromatic rings. The summed E-state index contributed by atoms with van der Waals surface area (Å²) in [6.07, 6.45) is 1.01. The molecule has 1 aliphatic rings. The topological polar surface area (TPSA) is 93.5 Å². The van der Waals surface area contributed by atoms with Gasteiger partial charge < -0.3 is 19.9 Å². The van der Waals surface area contributed by atoms with Gasteiger partial charge in [0.15, 0.2) is 5.82 Å². The van der Waals surface area contributed by atoms with Crippen LogP contribution in [0.25, 0.3) is 0 Å². The molecule has 0 atom stereocenters. The molecule has 2 N–H and O–H groups in total. The zero-order chi connectivity index (χ0) is 16.4. The van der Waals surface area contributed by atoms with Gasteiger partial charge in [-0.25, -0.2) is 0 Å². The van der Waals surface area contributed by atoms with Crippen molar-refractivity contribution in [3.8, 4) is 5.75 Å². The lowest BCUT2D eigenvalue weighted by atomic mass is 10.1.